The molecule has 0 radical (unpaired) electrons. The highest BCUT2D eigenvalue weighted by atomic mass is 32.2. The molecule has 0 heterocycles. The van der Waals surface area contributed by atoms with Crippen molar-refractivity contribution in [3.8, 4) is 0 Å². The topological polar surface area (TPSA) is 97.8 Å². The molecule has 1 atom stereocenters. The van der Waals surface area contributed by atoms with Crippen LogP contribution in [0.4, 0.5) is 0 Å². The Morgan fingerprint density at radius 1 is 0.926 bits per heavy atom. The van der Waals surface area contributed by atoms with Crippen LogP contribution in [0.25, 0.3) is 0 Å². The van der Waals surface area contributed by atoms with Crippen molar-refractivity contribution < 1.29 is 26.4 Å². The summed E-state index contributed by atoms with van der Waals surface area (Å²) in [6.45, 7) is 1.70. The van der Waals surface area contributed by atoms with Gasteiger partial charge in [-0.05, 0) is 48.9 Å². The number of sulfone groups is 1. The van der Waals surface area contributed by atoms with Crippen molar-refractivity contribution in [2.75, 3.05) is 20.4 Å². The van der Waals surface area contributed by atoms with E-state index in [1.165, 1.54) is 54.9 Å². The lowest BCUT2D eigenvalue weighted by molar-refractivity contribution is 0.0600. The van der Waals surface area contributed by atoms with Crippen molar-refractivity contribution in [2.45, 2.75) is 22.8 Å². The van der Waals surface area contributed by atoms with Gasteiger partial charge >= 0.3 is 5.97 Å². The van der Waals surface area contributed by atoms with Gasteiger partial charge in [-0.3, -0.25) is 0 Å². The molecule has 7 nitrogen and oxygen atoms in total. The smallest absolute Gasteiger partial charge is 0.337 e. The van der Waals surface area contributed by atoms with Crippen LogP contribution in [0.15, 0.2) is 58.3 Å². The fourth-order valence-electron chi connectivity index (χ4n) is 2.46. The highest BCUT2D eigenvalue weighted by molar-refractivity contribution is 7.90. The molecule has 146 valence electrons. The molecule has 2 aromatic rings. The Morgan fingerprint density at radius 2 is 1.41 bits per heavy atom. The minimum Gasteiger partial charge on any atom is -0.465 e. The molecule has 0 unspecified atom stereocenters. The summed E-state index contributed by atoms with van der Waals surface area (Å²) in [5, 5.41) is 0. The molecule has 0 N–H and O–H groups in total. The second-order valence-corrected chi connectivity index (χ2v) is 10.1. The third-order valence-electron chi connectivity index (χ3n) is 4.29. The molecule has 0 saturated heterocycles. The Morgan fingerprint density at radius 3 is 1.85 bits per heavy atom. The third kappa shape index (κ3) is 4.55. The number of benzene rings is 2. The zero-order valence-electron chi connectivity index (χ0n) is 15.4. The summed E-state index contributed by atoms with van der Waals surface area (Å²) in [6, 6.07) is 11.0. The second-order valence-electron chi connectivity index (χ2n) is 6.05. The number of hydrogen-bond donors (Lipinski definition) is 0. The van der Waals surface area contributed by atoms with Gasteiger partial charge in [0, 0.05) is 19.3 Å². The van der Waals surface area contributed by atoms with E-state index < -0.39 is 31.9 Å². The SMILES string of the molecule is COC(=O)c1ccc(S(=O)(=O)N(C)[C@H](C)c2ccc(S(C)(=O)=O)cc2)cc1. The van der Waals surface area contributed by atoms with Gasteiger partial charge in [0.2, 0.25) is 10.0 Å². The van der Waals surface area contributed by atoms with Crippen LogP contribution >= 0.6 is 0 Å². The van der Waals surface area contributed by atoms with Crippen LogP contribution in [0, 0.1) is 0 Å². The van der Waals surface area contributed by atoms with Crippen LogP contribution in [0.3, 0.4) is 0 Å². The zero-order valence-corrected chi connectivity index (χ0v) is 17.0. The molecular weight excluding hydrogens is 390 g/mol. The molecule has 27 heavy (non-hydrogen) atoms. The van der Waals surface area contributed by atoms with Gasteiger partial charge in [0.05, 0.1) is 22.5 Å². The number of hydrogen-bond acceptors (Lipinski definition) is 6. The molecule has 0 aliphatic heterocycles. The van der Waals surface area contributed by atoms with Crippen LogP contribution in [0.2, 0.25) is 0 Å². The minimum atomic E-state index is -3.81. The monoisotopic (exact) mass is 411 g/mol. The number of carbonyl (C=O) groups excluding carboxylic acids is 1. The molecule has 0 aliphatic rings. The first-order valence-electron chi connectivity index (χ1n) is 7.95. The quantitative estimate of drug-likeness (QED) is 0.676. The summed E-state index contributed by atoms with van der Waals surface area (Å²) in [5.41, 5.74) is 0.906. The molecule has 0 saturated carbocycles. The summed E-state index contributed by atoms with van der Waals surface area (Å²) in [4.78, 5) is 11.7. The number of sulfonamides is 1. The van der Waals surface area contributed by atoms with Gasteiger partial charge in [0.1, 0.15) is 0 Å². The molecule has 0 aromatic heterocycles. The minimum absolute atomic E-state index is 0.0391. The van der Waals surface area contributed by atoms with E-state index in [1.54, 1.807) is 19.1 Å². The summed E-state index contributed by atoms with van der Waals surface area (Å²) >= 11 is 0. The van der Waals surface area contributed by atoms with Gasteiger partial charge in [-0.2, -0.15) is 4.31 Å². The van der Waals surface area contributed by atoms with Gasteiger partial charge in [-0.25, -0.2) is 21.6 Å². The van der Waals surface area contributed by atoms with Crippen molar-refractivity contribution in [2.24, 2.45) is 0 Å². The van der Waals surface area contributed by atoms with Gasteiger partial charge < -0.3 is 4.74 Å². The first-order chi connectivity index (χ1) is 12.5. The zero-order chi connectivity index (χ0) is 20.4. The molecule has 9 heteroatoms. The van der Waals surface area contributed by atoms with Crippen molar-refractivity contribution in [1.82, 2.24) is 4.31 Å². The van der Waals surface area contributed by atoms with Crippen LogP contribution in [0.5, 0.6) is 0 Å². The summed E-state index contributed by atoms with van der Waals surface area (Å²) < 4.78 is 54.6. The summed E-state index contributed by atoms with van der Waals surface area (Å²) in [6.07, 6.45) is 1.11. The highest BCUT2D eigenvalue weighted by Crippen LogP contribution is 2.26. The van der Waals surface area contributed by atoms with Gasteiger partial charge in [0.25, 0.3) is 0 Å². The van der Waals surface area contributed by atoms with Crippen LogP contribution < -0.4 is 0 Å². The lowest BCUT2D eigenvalue weighted by atomic mass is 10.1. The first kappa shape index (κ1) is 21.1. The molecule has 2 aromatic carbocycles. The number of methoxy groups -OCH3 is 1. The van der Waals surface area contributed by atoms with E-state index in [1.807, 2.05) is 0 Å². The van der Waals surface area contributed by atoms with E-state index in [9.17, 15) is 21.6 Å². The van der Waals surface area contributed by atoms with Crippen molar-refractivity contribution in [1.29, 1.82) is 0 Å². The lowest BCUT2D eigenvalue weighted by Crippen LogP contribution is -2.29. The summed E-state index contributed by atoms with van der Waals surface area (Å²) in [7, 11) is -4.44. The Bertz CT molecular complexity index is 1030. The molecule has 0 fully saturated rings. The van der Waals surface area contributed by atoms with Crippen molar-refractivity contribution >= 4 is 25.8 Å². The normalized spacial score (nSPS) is 13.4. The maximum atomic E-state index is 12.8. The van der Waals surface area contributed by atoms with Gasteiger partial charge in [0.15, 0.2) is 9.84 Å². The van der Waals surface area contributed by atoms with Gasteiger partial charge in [-0.15, -0.1) is 0 Å². The molecule has 2 rings (SSSR count). The fourth-order valence-corrected chi connectivity index (χ4v) is 4.44. The third-order valence-corrected chi connectivity index (χ3v) is 7.36. The van der Waals surface area contributed by atoms with E-state index in [2.05, 4.69) is 4.74 Å². The number of rotatable bonds is 6. The Balaban J connectivity index is 2.29. The summed E-state index contributed by atoms with van der Waals surface area (Å²) in [5.74, 6) is -0.549. The van der Waals surface area contributed by atoms with E-state index >= 15 is 0 Å². The molecule has 0 aliphatic carbocycles. The maximum Gasteiger partial charge on any atom is 0.337 e. The molecule has 0 bridgehead atoms. The highest BCUT2D eigenvalue weighted by Gasteiger charge is 2.26. The van der Waals surface area contributed by atoms with Crippen molar-refractivity contribution in [3.05, 3.63) is 59.7 Å². The number of carbonyl (C=O) groups is 1. The van der Waals surface area contributed by atoms with Crippen molar-refractivity contribution in [3.63, 3.8) is 0 Å². The largest absolute Gasteiger partial charge is 0.465 e. The van der Waals surface area contributed by atoms with E-state index in [0.717, 1.165) is 6.26 Å². The average Bonchev–Trinajstić information content (AvgIpc) is 2.65. The molecule has 0 spiro atoms. The standard InChI is InChI=1S/C18H21NO6S2/c1-13(14-5-9-16(10-6-14)26(4,21)22)19(2)27(23,24)17-11-7-15(8-12-17)18(20)25-3/h5-13H,1-4H3/t13-/m1/s1. The fraction of sp³-hybridized carbons (Fsp3) is 0.278. The van der Waals surface area contributed by atoms with E-state index in [-0.39, 0.29) is 15.4 Å². The van der Waals surface area contributed by atoms with Crippen LogP contribution in [0.1, 0.15) is 28.9 Å². The Labute approximate surface area is 159 Å². The van der Waals surface area contributed by atoms with E-state index in [0.29, 0.717) is 5.56 Å². The lowest BCUT2D eigenvalue weighted by Gasteiger charge is -2.25. The average molecular weight is 412 g/mol. The Hall–Kier alpha value is -2.23. The Kier molecular flexibility index (Phi) is 6.08. The second kappa shape index (κ2) is 7.79. The first-order valence-corrected chi connectivity index (χ1v) is 11.3. The number of esters is 1. The number of ether oxygens (including phenoxy) is 1. The van der Waals surface area contributed by atoms with Gasteiger partial charge in [-0.1, -0.05) is 12.1 Å². The van der Waals surface area contributed by atoms with E-state index in [4.69, 9.17) is 0 Å². The molecular formula is C18H21NO6S2. The van der Waals surface area contributed by atoms with Crippen LogP contribution in [-0.4, -0.2) is 47.5 Å². The predicted octanol–water partition coefficient (Wildman–Crippen LogP) is 2.26. The van der Waals surface area contributed by atoms with Crippen LogP contribution in [-0.2, 0) is 24.6 Å². The maximum absolute atomic E-state index is 12.8. The predicted molar refractivity (Wildman–Crippen MR) is 101 cm³/mol. The molecule has 0 amide bonds. The number of nitrogens with zero attached hydrogens (tertiary/aromatic N) is 1.